The second kappa shape index (κ2) is 5.94. The van der Waals surface area contributed by atoms with Crippen molar-refractivity contribution in [2.24, 2.45) is 0 Å². The molecule has 0 amide bonds. The third-order valence-corrected chi connectivity index (χ3v) is 4.16. The van der Waals surface area contributed by atoms with E-state index in [-0.39, 0.29) is 16.1 Å². The lowest BCUT2D eigenvalue weighted by Gasteiger charge is -2.09. The molecule has 0 spiro atoms. The summed E-state index contributed by atoms with van der Waals surface area (Å²) in [5.74, 6) is -0.604. The SMILES string of the molecule is O=C(c1ccc(C(F)(F)F)nc1Cl)c1cccc(Br)c1Cl. The van der Waals surface area contributed by atoms with E-state index in [4.69, 9.17) is 23.2 Å². The highest BCUT2D eigenvalue weighted by Gasteiger charge is 2.33. The monoisotopic (exact) mass is 397 g/mol. The van der Waals surface area contributed by atoms with Crippen molar-refractivity contribution in [3.63, 3.8) is 0 Å². The molecule has 0 N–H and O–H groups in total. The number of carbonyl (C=O) groups excluding carboxylic acids is 1. The summed E-state index contributed by atoms with van der Waals surface area (Å²) in [6, 6.07) is 6.34. The maximum absolute atomic E-state index is 12.5. The van der Waals surface area contributed by atoms with E-state index >= 15 is 0 Å². The third-order valence-electron chi connectivity index (χ3n) is 2.58. The summed E-state index contributed by atoms with van der Waals surface area (Å²) in [5, 5.41) is -0.371. The fraction of sp³-hybridized carbons (Fsp3) is 0.0769. The number of alkyl halides is 3. The predicted molar refractivity (Wildman–Crippen MR) is 76.8 cm³/mol. The van der Waals surface area contributed by atoms with Gasteiger partial charge in [-0.1, -0.05) is 29.3 Å². The number of nitrogens with zero attached hydrogens (tertiary/aromatic N) is 1. The molecule has 0 aliphatic carbocycles. The minimum Gasteiger partial charge on any atom is -0.288 e. The van der Waals surface area contributed by atoms with Crippen molar-refractivity contribution in [1.29, 1.82) is 0 Å². The molecule has 21 heavy (non-hydrogen) atoms. The standard InChI is InChI=1S/C13H5BrCl2F3NO/c14-8-3-1-2-6(10(8)15)11(21)7-4-5-9(13(17,18)19)20-12(7)16/h1-5H. The third kappa shape index (κ3) is 3.39. The number of benzene rings is 1. The Kier molecular flexibility index (Phi) is 4.60. The summed E-state index contributed by atoms with van der Waals surface area (Å²) in [7, 11) is 0. The zero-order valence-corrected chi connectivity index (χ0v) is 13.1. The largest absolute Gasteiger partial charge is 0.433 e. The zero-order chi connectivity index (χ0) is 15.8. The molecule has 2 aromatic rings. The molecule has 1 aromatic heterocycles. The van der Waals surface area contributed by atoms with Gasteiger partial charge in [0, 0.05) is 10.0 Å². The van der Waals surface area contributed by atoms with Crippen LogP contribution in [0, 0.1) is 0 Å². The Hall–Kier alpha value is -1.11. The van der Waals surface area contributed by atoms with Gasteiger partial charge in [-0.15, -0.1) is 0 Å². The Labute approximate surface area is 136 Å². The molecule has 0 saturated carbocycles. The Morgan fingerprint density at radius 3 is 2.33 bits per heavy atom. The fourth-order valence-electron chi connectivity index (χ4n) is 1.59. The van der Waals surface area contributed by atoms with Crippen molar-refractivity contribution in [3.8, 4) is 0 Å². The summed E-state index contributed by atoms with van der Waals surface area (Å²) in [6.07, 6.45) is -4.63. The van der Waals surface area contributed by atoms with Crippen LogP contribution in [0.4, 0.5) is 13.2 Å². The van der Waals surface area contributed by atoms with Crippen LogP contribution < -0.4 is 0 Å². The lowest BCUT2D eigenvalue weighted by Crippen LogP contribution is -2.11. The summed E-state index contributed by atoms with van der Waals surface area (Å²) in [4.78, 5) is 15.5. The van der Waals surface area contributed by atoms with Crippen LogP contribution in [0.2, 0.25) is 10.2 Å². The maximum Gasteiger partial charge on any atom is 0.433 e. The van der Waals surface area contributed by atoms with Gasteiger partial charge in [0.15, 0.2) is 5.78 Å². The first kappa shape index (κ1) is 16.3. The van der Waals surface area contributed by atoms with Gasteiger partial charge >= 0.3 is 6.18 Å². The molecule has 0 atom stereocenters. The molecule has 1 heterocycles. The summed E-state index contributed by atoms with van der Waals surface area (Å²) in [6.45, 7) is 0. The molecule has 2 nitrogen and oxygen atoms in total. The van der Waals surface area contributed by atoms with Gasteiger partial charge in [0.05, 0.1) is 10.6 Å². The number of pyridine rings is 1. The lowest BCUT2D eigenvalue weighted by atomic mass is 10.0. The van der Waals surface area contributed by atoms with Gasteiger partial charge in [-0.2, -0.15) is 13.2 Å². The van der Waals surface area contributed by atoms with Crippen LogP contribution in [-0.4, -0.2) is 10.8 Å². The van der Waals surface area contributed by atoms with E-state index in [0.717, 1.165) is 6.07 Å². The minimum atomic E-state index is -4.63. The van der Waals surface area contributed by atoms with E-state index < -0.39 is 22.8 Å². The molecule has 0 aliphatic rings. The van der Waals surface area contributed by atoms with Gasteiger partial charge in [-0.25, -0.2) is 4.98 Å². The van der Waals surface area contributed by atoms with Gasteiger partial charge in [0.2, 0.25) is 0 Å². The first-order valence-electron chi connectivity index (χ1n) is 5.44. The second-order valence-corrected chi connectivity index (χ2v) is 5.55. The predicted octanol–water partition coefficient (Wildman–Crippen LogP) is 5.40. The maximum atomic E-state index is 12.5. The van der Waals surface area contributed by atoms with Gasteiger partial charge < -0.3 is 0 Å². The molecule has 0 fully saturated rings. The number of carbonyl (C=O) groups is 1. The molecule has 0 aliphatic heterocycles. The Bertz CT molecular complexity index is 719. The van der Waals surface area contributed by atoms with E-state index in [9.17, 15) is 18.0 Å². The molecule has 0 radical (unpaired) electrons. The topological polar surface area (TPSA) is 30.0 Å². The average Bonchev–Trinajstić information content (AvgIpc) is 2.40. The molecule has 1 aromatic carbocycles. The van der Waals surface area contributed by atoms with Crippen molar-refractivity contribution < 1.29 is 18.0 Å². The van der Waals surface area contributed by atoms with E-state index in [1.165, 1.54) is 6.07 Å². The molecular formula is C13H5BrCl2F3NO. The lowest BCUT2D eigenvalue weighted by molar-refractivity contribution is -0.141. The number of rotatable bonds is 2. The van der Waals surface area contributed by atoms with Gasteiger partial charge in [-0.3, -0.25) is 4.79 Å². The van der Waals surface area contributed by atoms with Crippen molar-refractivity contribution in [1.82, 2.24) is 4.98 Å². The van der Waals surface area contributed by atoms with Crippen LogP contribution in [0.3, 0.4) is 0 Å². The summed E-state index contributed by atoms with van der Waals surface area (Å²) >= 11 is 14.8. The van der Waals surface area contributed by atoms with E-state index in [2.05, 4.69) is 20.9 Å². The number of ketones is 1. The highest BCUT2D eigenvalue weighted by molar-refractivity contribution is 9.10. The van der Waals surface area contributed by atoms with Crippen molar-refractivity contribution >= 4 is 44.9 Å². The Morgan fingerprint density at radius 1 is 1.10 bits per heavy atom. The molecule has 0 unspecified atom stereocenters. The van der Waals surface area contributed by atoms with Gasteiger partial charge in [0.1, 0.15) is 10.8 Å². The number of halogens is 6. The first-order valence-corrected chi connectivity index (χ1v) is 6.99. The highest BCUT2D eigenvalue weighted by Crippen LogP contribution is 2.32. The van der Waals surface area contributed by atoms with Crippen LogP contribution in [0.5, 0.6) is 0 Å². The summed E-state index contributed by atoms with van der Waals surface area (Å²) < 4.78 is 38.0. The van der Waals surface area contributed by atoms with E-state index in [1.807, 2.05) is 0 Å². The van der Waals surface area contributed by atoms with Gasteiger partial charge in [0.25, 0.3) is 0 Å². The van der Waals surface area contributed by atoms with E-state index in [1.54, 1.807) is 12.1 Å². The van der Waals surface area contributed by atoms with Gasteiger partial charge in [-0.05, 0) is 40.2 Å². The van der Waals surface area contributed by atoms with Crippen molar-refractivity contribution in [3.05, 3.63) is 61.8 Å². The smallest absolute Gasteiger partial charge is 0.288 e. The number of hydrogen-bond acceptors (Lipinski definition) is 2. The van der Waals surface area contributed by atoms with Crippen molar-refractivity contribution in [2.75, 3.05) is 0 Å². The average molecular weight is 399 g/mol. The quantitative estimate of drug-likeness (QED) is 0.500. The zero-order valence-electron chi connectivity index (χ0n) is 10.0. The highest BCUT2D eigenvalue weighted by atomic mass is 79.9. The fourth-order valence-corrected chi connectivity index (χ4v) is 2.40. The van der Waals surface area contributed by atoms with Crippen LogP contribution in [0.15, 0.2) is 34.8 Å². The first-order chi connectivity index (χ1) is 9.71. The molecule has 2 rings (SSSR count). The van der Waals surface area contributed by atoms with Crippen LogP contribution in [0.25, 0.3) is 0 Å². The van der Waals surface area contributed by atoms with Crippen LogP contribution in [-0.2, 0) is 6.18 Å². The minimum absolute atomic E-state index is 0.120. The molecular weight excluding hydrogens is 394 g/mol. The van der Waals surface area contributed by atoms with Crippen molar-refractivity contribution in [2.45, 2.75) is 6.18 Å². The Morgan fingerprint density at radius 2 is 1.76 bits per heavy atom. The normalized spacial score (nSPS) is 11.5. The second-order valence-electron chi connectivity index (χ2n) is 3.96. The van der Waals surface area contributed by atoms with E-state index in [0.29, 0.717) is 10.5 Å². The molecule has 0 saturated heterocycles. The molecule has 8 heteroatoms. The number of hydrogen-bond donors (Lipinski definition) is 0. The molecule has 0 bridgehead atoms. The van der Waals surface area contributed by atoms with Crippen LogP contribution >= 0.6 is 39.1 Å². The number of aromatic nitrogens is 1. The summed E-state index contributed by atoms with van der Waals surface area (Å²) in [5.41, 5.74) is -1.19. The Balaban J connectivity index is 2.48. The molecule has 110 valence electrons. The van der Waals surface area contributed by atoms with Crippen LogP contribution in [0.1, 0.15) is 21.6 Å².